The first-order valence-corrected chi connectivity index (χ1v) is 9.01. The van der Waals surface area contributed by atoms with E-state index in [0.29, 0.717) is 22.4 Å². The van der Waals surface area contributed by atoms with Gasteiger partial charge in [0.05, 0.1) is 12.4 Å². The van der Waals surface area contributed by atoms with E-state index in [0.717, 1.165) is 23.4 Å². The van der Waals surface area contributed by atoms with Gasteiger partial charge in [0.2, 0.25) is 5.91 Å². The summed E-state index contributed by atoms with van der Waals surface area (Å²) in [6.45, 7) is 1.64. The molecule has 0 bridgehead atoms. The molecule has 8 heteroatoms. The first kappa shape index (κ1) is 17.9. The zero-order valence-corrected chi connectivity index (χ0v) is 15.1. The number of nitrogens with two attached hydrogens (primary N) is 1. The topological polar surface area (TPSA) is 117 Å². The summed E-state index contributed by atoms with van der Waals surface area (Å²) >= 11 is 1.46. The third-order valence-electron chi connectivity index (χ3n) is 3.55. The third-order valence-corrected chi connectivity index (χ3v) is 4.46. The number of anilines is 2. The summed E-state index contributed by atoms with van der Waals surface area (Å²) in [5.74, 6) is 1.14. The average Bonchev–Trinajstić information content (AvgIpc) is 3.41. The highest BCUT2D eigenvalue weighted by Crippen LogP contribution is 2.31. The second-order valence-electron chi connectivity index (χ2n) is 6.04. The van der Waals surface area contributed by atoms with Crippen molar-refractivity contribution in [2.24, 2.45) is 11.7 Å². The summed E-state index contributed by atoms with van der Waals surface area (Å²) in [5, 5.41) is 13.9. The SMILES string of the molecule is CC(=N)/C=C(\N)Nc1cncc(Sc2ccc(NC(=O)C3CC3)cc2)n1. The minimum Gasteiger partial charge on any atom is -0.385 e. The maximum absolute atomic E-state index is 11.8. The highest BCUT2D eigenvalue weighted by molar-refractivity contribution is 7.99. The minimum atomic E-state index is 0.0980. The van der Waals surface area contributed by atoms with Crippen LogP contribution in [-0.4, -0.2) is 21.6 Å². The van der Waals surface area contributed by atoms with E-state index >= 15 is 0 Å². The quantitative estimate of drug-likeness (QED) is 0.558. The number of hydrogen-bond donors (Lipinski definition) is 4. The molecule has 1 aliphatic rings. The molecular formula is C18H20N6OS. The van der Waals surface area contributed by atoms with Crippen molar-refractivity contribution in [3.63, 3.8) is 0 Å². The van der Waals surface area contributed by atoms with Gasteiger partial charge in [0.25, 0.3) is 0 Å². The predicted molar refractivity (Wildman–Crippen MR) is 103 cm³/mol. The van der Waals surface area contributed by atoms with Gasteiger partial charge in [-0.1, -0.05) is 11.8 Å². The maximum Gasteiger partial charge on any atom is 0.227 e. The van der Waals surface area contributed by atoms with Crippen molar-refractivity contribution in [1.29, 1.82) is 5.41 Å². The van der Waals surface area contributed by atoms with Crippen molar-refractivity contribution in [3.8, 4) is 0 Å². The van der Waals surface area contributed by atoms with Crippen LogP contribution in [0.1, 0.15) is 19.8 Å². The van der Waals surface area contributed by atoms with Crippen molar-refractivity contribution < 1.29 is 4.79 Å². The van der Waals surface area contributed by atoms with Crippen LogP contribution in [0.4, 0.5) is 11.5 Å². The molecule has 5 N–H and O–H groups in total. The zero-order chi connectivity index (χ0) is 18.5. The van der Waals surface area contributed by atoms with E-state index < -0.39 is 0 Å². The Bertz CT molecular complexity index is 845. The number of benzene rings is 1. The molecule has 1 aliphatic carbocycles. The fraction of sp³-hybridized carbons (Fsp3) is 0.222. The third kappa shape index (κ3) is 5.32. The van der Waals surface area contributed by atoms with Gasteiger partial charge in [-0.05, 0) is 50.1 Å². The molecule has 1 saturated carbocycles. The summed E-state index contributed by atoms with van der Waals surface area (Å²) in [6, 6.07) is 7.63. The van der Waals surface area contributed by atoms with Gasteiger partial charge in [0, 0.05) is 22.2 Å². The summed E-state index contributed by atoms with van der Waals surface area (Å²) in [6.07, 6.45) is 6.72. The number of allylic oxidation sites excluding steroid dienone is 1. The second kappa shape index (κ2) is 8.01. The first-order valence-electron chi connectivity index (χ1n) is 8.20. The second-order valence-corrected chi connectivity index (χ2v) is 7.13. The van der Waals surface area contributed by atoms with Crippen LogP contribution in [0, 0.1) is 11.3 Å². The molecule has 0 radical (unpaired) electrons. The number of aromatic nitrogens is 2. The van der Waals surface area contributed by atoms with Crippen LogP contribution in [0.5, 0.6) is 0 Å². The highest BCUT2D eigenvalue weighted by atomic mass is 32.2. The van der Waals surface area contributed by atoms with E-state index in [1.165, 1.54) is 17.8 Å². The van der Waals surface area contributed by atoms with Crippen LogP contribution >= 0.6 is 11.8 Å². The zero-order valence-electron chi connectivity index (χ0n) is 14.3. The molecule has 1 aromatic carbocycles. The number of rotatable bonds is 7. The van der Waals surface area contributed by atoms with Crippen molar-refractivity contribution in [1.82, 2.24) is 9.97 Å². The van der Waals surface area contributed by atoms with Crippen molar-refractivity contribution in [2.75, 3.05) is 10.6 Å². The van der Waals surface area contributed by atoms with Crippen LogP contribution in [0.2, 0.25) is 0 Å². The van der Waals surface area contributed by atoms with Gasteiger partial charge in [0.1, 0.15) is 10.8 Å². The molecule has 7 nitrogen and oxygen atoms in total. The van der Waals surface area contributed by atoms with Crippen molar-refractivity contribution in [3.05, 3.63) is 48.6 Å². The molecular weight excluding hydrogens is 348 g/mol. The molecule has 2 aromatic rings. The van der Waals surface area contributed by atoms with Gasteiger partial charge in [-0.15, -0.1) is 0 Å². The largest absolute Gasteiger partial charge is 0.385 e. The fourth-order valence-electron chi connectivity index (χ4n) is 2.19. The summed E-state index contributed by atoms with van der Waals surface area (Å²) in [4.78, 5) is 21.4. The smallest absolute Gasteiger partial charge is 0.227 e. The molecule has 26 heavy (non-hydrogen) atoms. The van der Waals surface area contributed by atoms with Gasteiger partial charge in [-0.2, -0.15) is 0 Å². The molecule has 0 saturated heterocycles. The Morgan fingerprint density at radius 3 is 2.65 bits per heavy atom. The van der Waals surface area contributed by atoms with E-state index in [1.807, 2.05) is 24.3 Å². The Balaban J connectivity index is 1.62. The van der Waals surface area contributed by atoms with Gasteiger partial charge >= 0.3 is 0 Å². The van der Waals surface area contributed by atoms with E-state index in [9.17, 15) is 4.79 Å². The van der Waals surface area contributed by atoms with Gasteiger partial charge in [-0.3, -0.25) is 9.78 Å². The van der Waals surface area contributed by atoms with E-state index in [-0.39, 0.29) is 11.8 Å². The maximum atomic E-state index is 11.8. The lowest BCUT2D eigenvalue weighted by atomic mass is 10.3. The van der Waals surface area contributed by atoms with Crippen LogP contribution in [0.25, 0.3) is 0 Å². The number of hydrogen-bond acceptors (Lipinski definition) is 7. The molecule has 1 heterocycles. The van der Waals surface area contributed by atoms with Crippen LogP contribution in [0.3, 0.4) is 0 Å². The molecule has 134 valence electrons. The Kier molecular flexibility index (Phi) is 5.52. The molecule has 1 aromatic heterocycles. The molecule has 0 unspecified atom stereocenters. The average molecular weight is 368 g/mol. The standard InChI is InChI=1S/C18H20N6OS/c1-11(19)8-15(20)23-16-9-21-10-17(24-16)26-14-6-4-13(5-7-14)22-18(25)12-2-3-12/h4-10,12,19H,2-3,20H2,1H3,(H,22,25)(H,23,24)/b15-8+,19-11?. The number of nitrogens with zero attached hydrogens (tertiary/aromatic N) is 2. The van der Waals surface area contributed by atoms with Gasteiger partial charge in [-0.25, -0.2) is 4.98 Å². The molecule has 3 rings (SSSR count). The molecule has 1 fully saturated rings. The van der Waals surface area contributed by atoms with E-state index in [4.69, 9.17) is 11.1 Å². The molecule has 0 spiro atoms. The fourth-order valence-corrected chi connectivity index (χ4v) is 2.96. The molecule has 1 amide bonds. The lowest BCUT2D eigenvalue weighted by Gasteiger charge is -2.08. The van der Waals surface area contributed by atoms with E-state index in [2.05, 4.69) is 20.6 Å². The lowest BCUT2D eigenvalue weighted by molar-refractivity contribution is -0.117. The predicted octanol–water partition coefficient (Wildman–Crippen LogP) is 3.23. The van der Waals surface area contributed by atoms with Crippen molar-refractivity contribution >= 4 is 34.9 Å². The van der Waals surface area contributed by atoms with Crippen LogP contribution in [0.15, 0.2) is 58.5 Å². The van der Waals surface area contributed by atoms with Crippen LogP contribution in [-0.2, 0) is 4.79 Å². The first-order chi connectivity index (χ1) is 12.5. The summed E-state index contributed by atoms with van der Waals surface area (Å²) in [7, 11) is 0. The number of nitrogens with one attached hydrogen (secondary N) is 3. The Morgan fingerprint density at radius 1 is 1.27 bits per heavy atom. The number of carbonyl (C=O) groups excluding carboxylic acids is 1. The normalized spacial score (nSPS) is 14.0. The summed E-state index contributed by atoms with van der Waals surface area (Å²) < 4.78 is 0. The van der Waals surface area contributed by atoms with Gasteiger partial charge < -0.3 is 21.8 Å². The molecule has 0 atom stereocenters. The highest BCUT2D eigenvalue weighted by Gasteiger charge is 2.29. The van der Waals surface area contributed by atoms with Crippen LogP contribution < -0.4 is 16.4 Å². The van der Waals surface area contributed by atoms with Crippen molar-refractivity contribution in [2.45, 2.75) is 29.7 Å². The molecule has 0 aliphatic heterocycles. The Labute approximate surface area is 156 Å². The number of amides is 1. The van der Waals surface area contributed by atoms with Gasteiger partial charge in [0.15, 0.2) is 5.82 Å². The summed E-state index contributed by atoms with van der Waals surface area (Å²) in [5.41, 5.74) is 6.94. The Morgan fingerprint density at radius 2 is 2.00 bits per heavy atom. The van der Waals surface area contributed by atoms with E-state index in [1.54, 1.807) is 19.3 Å². The lowest BCUT2D eigenvalue weighted by Crippen LogP contribution is -2.12. The monoisotopic (exact) mass is 368 g/mol. The number of carbonyl (C=O) groups is 1. The minimum absolute atomic E-state index is 0.0980. The Hall–Kier alpha value is -2.87.